The fourth-order valence-electron chi connectivity index (χ4n) is 0.794. The van der Waals surface area contributed by atoms with Crippen LogP contribution in [-0.4, -0.2) is 44.3 Å². The van der Waals surface area contributed by atoms with Crippen LogP contribution >= 0.6 is 17.0 Å². The molecule has 0 saturated carbocycles. The lowest BCUT2D eigenvalue weighted by atomic mass is 10.3. The molecule has 0 heterocycles. The fourth-order valence-corrected chi connectivity index (χ4v) is 0.794. The van der Waals surface area contributed by atoms with Crippen molar-refractivity contribution in [2.24, 2.45) is 0 Å². The summed E-state index contributed by atoms with van der Waals surface area (Å²) >= 11 is 0. The first-order valence-corrected chi connectivity index (χ1v) is 4.00. The molecule has 0 radical (unpaired) electrons. The second-order valence-electron chi connectivity index (χ2n) is 2.88. The van der Waals surface area contributed by atoms with Crippen molar-refractivity contribution >= 4 is 23.0 Å². The molecule has 0 aromatic heterocycles. The summed E-state index contributed by atoms with van der Waals surface area (Å²) in [5.74, 6) is -0.348. The molecule has 13 heavy (non-hydrogen) atoms. The maximum absolute atomic E-state index is 12.2. The topological polar surface area (TPSA) is 29.5 Å². The van der Waals surface area contributed by atoms with E-state index in [2.05, 4.69) is 0 Å². The molecule has 0 spiro atoms. The van der Waals surface area contributed by atoms with Crippen molar-refractivity contribution < 1.29 is 13.9 Å². The first-order valence-electron chi connectivity index (χ1n) is 4.00. The molecule has 3 nitrogen and oxygen atoms in total. The molecule has 80 valence electrons. The maximum atomic E-state index is 12.2. The maximum Gasteiger partial charge on any atom is 0.305 e. The Morgan fingerprint density at radius 1 is 1.54 bits per heavy atom. The van der Waals surface area contributed by atoms with Gasteiger partial charge in [0.05, 0.1) is 0 Å². The van der Waals surface area contributed by atoms with Crippen molar-refractivity contribution in [3.05, 3.63) is 0 Å². The van der Waals surface area contributed by atoms with Crippen molar-refractivity contribution in [2.75, 3.05) is 27.3 Å². The summed E-state index contributed by atoms with van der Waals surface area (Å²) in [6.45, 7) is 1.50. The van der Waals surface area contributed by atoms with Crippen LogP contribution in [0, 0.1) is 0 Å². The molecule has 0 rings (SSSR count). The molecule has 0 N–H and O–H groups in total. The van der Waals surface area contributed by atoms with E-state index >= 15 is 0 Å². The molecule has 1 unspecified atom stereocenters. The molecule has 0 aromatic rings. The molecular weight excluding hydrogens is 241 g/mol. The molecule has 0 saturated heterocycles. The van der Waals surface area contributed by atoms with Gasteiger partial charge in [0.25, 0.3) is 0 Å². The molecule has 0 aromatic carbocycles. The van der Waals surface area contributed by atoms with Gasteiger partial charge in [-0.1, -0.05) is 6.92 Å². The molecular formula is C8H17BrFNO2. The Hall–Kier alpha value is -0.160. The number of likely N-dealkylation sites (N-methyl/N-ethyl adjacent to an activating group) is 1. The lowest BCUT2D eigenvalue weighted by Crippen LogP contribution is -2.31. The van der Waals surface area contributed by atoms with Gasteiger partial charge in [-0.25, -0.2) is 4.39 Å². The first kappa shape index (κ1) is 15.3. The highest BCUT2D eigenvalue weighted by Gasteiger charge is 2.13. The predicted octanol–water partition coefficient (Wildman–Crippen LogP) is 1.42. The number of hydrogen-bond acceptors (Lipinski definition) is 3. The Bertz CT molecular complexity index is 144. The Morgan fingerprint density at radius 2 is 2.08 bits per heavy atom. The molecule has 0 aliphatic heterocycles. The van der Waals surface area contributed by atoms with Crippen LogP contribution in [0.1, 0.15) is 13.3 Å². The molecule has 0 amide bonds. The SMILES string of the molecule is Br.CCC(=O)OC(CF)CN(C)C. The lowest BCUT2D eigenvalue weighted by Gasteiger charge is -2.18. The highest BCUT2D eigenvalue weighted by Crippen LogP contribution is 1.97. The number of hydrogen-bond donors (Lipinski definition) is 0. The van der Waals surface area contributed by atoms with E-state index in [1.807, 2.05) is 14.1 Å². The lowest BCUT2D eigenvalue weighted by molar-refractivity contribution is -0.150. The Labute approximate surface area is 89.0 Å². The monoisotopic (exact) mass is 257 g/mol. The zero-order valence-corrected chi connectivity index (χ0v) is 9.96. The summed E-state index contributed by atoms with van der Waals surface area (Å²) in [6, 6.07) is 0. The van der Waals surface area contributed by atoms with Gasteiger partial charge in [-0.3, -0.25) is 4.79 Å². The zero-order chi connectivity index (χ0) is 9.56. The van der Waals surface area contributed by atoms with E-state index in [0.29, 0.717) is 13.0 Å². The van der Waals surface area contributed by atoms with Crippen LogP contribution in [0.3, 0.4) is 0 Å². The van der Waals surface area contributed by atoms with Crippen LogP contribution in [0.4, 0.5) is 4.39 Å². The Kier molecular flexibility index (Phi) is 9.94. The van der Waals surface area contributed by atoms with Crippen LogP contribution in [0.5, 0.6) is 0 Å². The number of halogens is 2. The van der Waals surface area contributed by atoms with Crippen LogP contribution < -0.4 is 0 Å². The molecule has 0 aliphatic rings. The van der Waals surface area contributed by atoms with Crippen LogP contribution in [-0.2, 0) is 9.53 Å². The second kappa shape index (κ2) is 8.44. The van der Waals surface area contributed by atoms with Crippen LogP contribution in [0.25, 0.3) is 0 Å². The molecule has 0 aliphatic carbocycles. The molecule has 0 bridgehead atoms. The summed E-state index contributed by atoms with van der Waals surface area (Å²) < 4.78 is 17.0. The van der Waals surface area contributed by atoms with E-state index in [4.69, 9.17) is 4.74 Å². The quantitative estimate of drug-likeness (QED) is 0.698. The van der Waals surface area contributed by atoms with E-state index in [-0.39, 0.29) is 23.0 Å². The highest BCUT2D eigenvalue weighted by molar-refractivity contribution is 8.93. The van der Waals surface area contributed by atoms with E-state index in [1.165, 1.54) is 0 Å². The third-order valence-corrected chi connectivity index (χ3v) is 1.33. The summed E-state index contributed by atoms with van der Waals surface area (Å²) in [5, 5.41) is 0. The minimum absolute atomic E-state index is 0. The third kappa shape index (κ3) is 8.18. The Morgan fingerprint density at radius 3 is 2.38 bits per heavy atom. The van der Waals surface area contributed by atoms with Gasteiger partial charge in [-0.15, -0.1) is 17.0 Å². The second-order valence-corrected chi connectivity index (χ2v) is 2.88. The van der Waals surface area contributed by atoms with Gasteiger partial charge in [-0.2, -0.15) is 0 Å². The van der Waals surface area contributed by atoms with Gasteiger partial charge >= 0.3 is 5.97 Å². The number of nitrogens with zero attached hydrogens (tertiary/aromatic N) is 1. The molecule has 5 heteroatoms. The minimum Gasteiger partial charge on any atom is -0.458 e. The van der Waals surface area contributed by atoms with Gasteiger partial charge in [-0.05, 0) is 14.1 Å². The van der Waals surface area contributed by atoms with E-state index < -0.39 is 12.8 Å². The number of carbonyl (C=O) groups excluding carboxylic acids is 1. The number of esters is 1. The normalized spacial score (nSPS) is 12.1. The summed E-state index contributed by atoms with van der Waals surface area (Å²) in [5.41, 5.74) is 0. The van der Waals surface area contributed by atoms with Crippen molar-refractivity contribution in [1.82, 2.24) is 4.90 Å². The van der Waals surface area contributed by atoms with Gasteiger partial charge in [0.1, 0.15) is 12.8 Å². The molecule has 0 fully saturated rings. The van der Waals surface area contributed by atoms with Crippen LogP contribution in [0.2, 0.25) is 0 Å². The largest absolute Gasteiger partial charge is 0.458 e. The fraction of sp³-hybridized carbons (Fsp3) is 0.875. The van der Waals surface area contributed by atoms with E-state index in [1.54, 1.807) is 11.8 Å². The minimum atomic E-state index is -0.621. The summed E-state index contributed by atoms with van der Waals surface area (Å²) in [6.07, 6.45) is -0.323. The Balaban J connectivity index is 0. The third-order valence-electron chi connectivity index (χ3n) is 1.33. The zero-order valence-electron chi connectivity index (χ0n) is 8.25. The van der Waals surface area contributed by atoms with Gasteiger partial charge < -0.3 is 9.64 Å². The van der Waals surface area contributed by atoms with Crippen molar-refractivity contribution in [3.63, 3.8) is 0 Å². The average Bonchev–Trinajstić information content (AvgIpc) is 2.02. The predicted molar refractivity (Wildman–Crippen MR) is 55.0 cm³/mol. The average molecular weight is 258 g/mol. The highest BCUT2D eigenvalue weighted by atomic mass is 79.9. The van der Waals surface area contributed by atoms with Gasteiger partial charge in [0.15, 0.2) is 0 Å². The van der Waals surface area contributed by atoms with Crippen molar-refractivity contribution in [2.45, 2.75) is 19.4 Å². The standard InChI is InChI=1S/C8H16FNO2.BrH/c1-4-8(11)12-7(5-9)6-10(2)3;/h7H,4-6H2,1-3H3;1H. The van der Waals surface area contributed by atoms with Crippen molar-refractivity contribution in [1.29, 1.82) is 0 Å². The summed E-state index contributed by atoms with van der Waals surface area (Å²) in [4.78, 5) is 12.5. The van der Waals surface area contributed by atoms with Crippen molar-refractivity contribution in [3.8, 4) is 0 Å². The molecule has 1 atom stereocenters. The number of alkyl halides is 1. The van der Waals surface area contributed by atoms with Crippen LogP contribution in [0.15, 0.2) is 0 Å². The summed E-state index contributed by atoms with van der Waals surface area (Å²) in [7, 11) is 3.62. The first-order chi connectivity index (χ1) is 5.60. The van der Waals surface area contributed by atoms with Gasteiger partial charge in [0, 0.05) is 13.0 Å². The number of ether oxygens (including phenoxy) is 1. The number of rotatable bonds is 5. The van der Waals surface area contributed by atoms with Gasteiger partial charge in [0.2, 0.25) is 0 Å². The number of carbonyl (C=O) groups is 1. The van der Waals surface area contributed by atoms with E-state index in [9.17, 15) is 9.18 Å². The smallest absolute Gasteiger partial charge is 0.305 e. The van der Waals surface area contributed by atoms with E-state index in [0.717, 1.165) is 0 Å².